The van der Waals surface area contributed by atoms with Gasteiger partial charge < -0.3 is 20.3 Å². The summed E-state index contributed by atoms with van der Waals surface area (Å²) >= 11 is 0. The van der Waals surface area contributed by atoms with E-state index in [9.17, 15) is 5.11 Å². The molecule has 0 saturated heterocycles. The number of aryl methyl sites for hydroxylation is 1. The van der Waals surface area contributed by atoms with E-state index in [-0.39, 0.29) is 25.4 Å². The average molecular weight is 267 g/mol. The lowest BCUT2D eigenvalue weighted by Crippen LogP contribution is -2.25. The van der Waals surface area contributed by atoms with Crippen LogP contribution in [0.25, 0.3) is 0 Å². The average Bonchev–Trinajstić information content (AvgIpc) is 2.34. The van der Waals surface area contributed by atoms with Crippen molar-refractivity contribution in [2.75, 3.05) is 13.2 Å². The molecule has 1 aromatic rings. The Morgan fingerprint density at radius 2 is 1.89 bits per heavy atom. The van der Waals surface area contributed by atoms with Gasteiger partial charge in [-0.05, 0) is 33.8 Å². The summed E-state index contributed by atoms with van der Waals surface area (Å²) in [5, 5.41) is 9.76. The molecule has 0 aliphatic carbocycles. The summed E-state index contributed by atoms with van der Waals surface area (Å²) in [5.41, 5.74) is 8.02. The molecule has 1 aromatic carbocycles. The number of hydrogen-bond donors (Lipinski definition) is 2. The molecule has 0 aliphatic rings. The third-order valence-electron chi connectivity index (χ3n) is 2.71. The minimum absolute atomic E-state index is 0.0982. The zero-order valence-corrected chi connectivity index (χ0v) is 12.2. The molecule has 0 aromatic heterocycles. The van der Waals surface area contributed by atoms with Gasteiger partial charge in [-0.1, -0.05) is 17.7 Å². The molecule has 0 radical (unpaired) electrons. The third kappa shape index (κ3) is 5.59. The van der Waals surface area contributed by atoms with Gasteiger partial charge in [-0.15, -0.1) is 0 Å². The molecule has 19 heavy (non-hydrogen) atoms. The standard InChI is InChI=1S/C15H25NO3/c1-10(2)18-8-13(17)9-19-15-6-5-11(3)7-14(15)12(4)16/h5-7,10,12-13,17H,8-9,16H2,1-4H3. The largest absolute Gasteiger partial charge is 0.490 e. The van der Waals surface area contributed by atoms with E-state index in [1.54, 1.807) is 0 Å². The molecule has 0 heterocycles. The summed E-state index contributed by atoms with van der Waals surface area (Å²) in [6.45, 7) is 8.27. The fourth-order valence-corrected chi connectivity index (χ4v) is 1.69. The molecular formula is C15H25NO3. The summed E-state index contributed by atoms with van der Waals surface area (Å²) in [4.78, 5) is 0. The molecule has 0 fully saturated rings. The molecule has 108 valence electrons. The van der Waals surface area contributed by atoms with Crippen LogP contribution < -0.4 is 10.5 Å². The molecule has 2 atom stereocenters. The Morgan fingerprint density at radius 3 is 2.47 bits per heavy atom. The minimum atomic E-state index is -0.635. The second-order valence-electron chi connectivity index (χ2n) is 5.18. The molecule has 2 unspecified atom stereocenters. The number of benzene rings is 1. The number of aliphatic hydroxyl groups is 1. The third-order valence-corrected chi connectivity index (χ3v) is 2.71. The van der Waals surface area contributed by atoms with E-state index in [2.05, 4.69) is 0 Å². The van der Waals surface area contributed by atoms with Crippen molar-refractivity contribution in [2.24, 2.45) is 5.73 Å². The van der Waals surface area contributed by atoms with E-state index in [0.29, 0.717) is 0 Å². The Balaban J connectivity index is 2.57. The first-order valence-electron chi connectivity index (χ1n) is 6.68. The molecule has 0 saturated carbocycles. The second-order valence-corrected chi connectivity index (χ2v) is 5.18. The molecule has 0 aliphatic heterocycles. The van der Waals surface area contributed by atoms with E-state index in [1.807, 2.05) is 45.9 Å². The van der Waals surface area contributed by atoms with Gasteiger partial charge in [0.2, 0.25) is 0 Å². The Morgan fingerprint density at radius 1 is 1.21 bits per heavy atom. The monoisotopic (exact) mass is 267 g/mol. The van der Waals surface area contributed by atoms with Crippen molar-refractivity contribution in [3.05, 3.63) is 29.3 Å². The maximum atomic E-state index is 9.76. The van der Waals surface area contributed by atoms with Gasteiger partial charge >= 0.3 is 0 Å². The zero-order chi connectivity index (χ0) is 14.4. The summed E-state index contributed by atoms with van der Waals surface area (Å²) in [6, 6.07) is 5.78. The summed E-state index contributed by atoms with van der Waals surface area (Å²) < 4.78 is 11.0. The first kappa shape index (κ1) is 16.0. The number of nitrogens with two attached hydrogens (primary N) is 1. The molecule has 3 N–H and O–H groups in total. The quantitative estimate of drug-likeness (QED) is 0.794. The number of rotatable bonds is 7. The lowest BCUT2D eigenvalue weighted by Gasteiger charge is -2.18. The number of aliphatic hydroxyl groups excluding tert-OH is 1. The fraction of sp³-hybridized carbons (Fsp3) is 0.600. The van der Waals surface area contributed by atoms with Crippen molar-refractivity contribution in [1.29, 1.82) is 0 Å². The summed E-state index contributed by atoms with van der Waals surface area (Å²) in [7, 11) is 0. The zero-order valence-electron chi connectivity index (χ0n) is 12.2. The van der Waals surface area contributed by atoms with E-state index >= 15 is 0 Å². The van der Waals surface area contributed by atoms with Gasteiger partial charge in [-0.2, -0.15) is 0 Å². The Bertz CT molecular complexity index is 391. The van der Waals surface area contributed by atoms with E-state index < -0.39 is 6.10 Å². The van der Waals surface area contributed by atoms with Crippen LogP contribution in [0.15, 0.2) is 18.2 Å². The molecule has 4 nitrogen and oxygen atoms in total. The smallest absolute Gasteiger partial charge is 0.124 e. The first-order valence-corrected chi connectivity index (χ1v) is 6.68. The molecule has 0 spiro atoms. The lowest BCUT2D eigenvalue weighted by molar-refractivity contribution is -0.0124. The Labute approximate surface area is 115 Å². The topological polar surface area (TPSA) is 64.7 Å². The van der Waals surface area contributed by atoms with Crippen molar-refractivity contribution in [2.45, 2.75) is 45.9 Å². The van der Waals surface area contributed by atoms with Crippen LogP contribution in [0.5, 0.6) is 5.75 Å². The van der Waals surface area contributed by atoms with Crippen molar-refractivity contribution in [1.82, 2.24) is 0 Å². The second kappa shape index (κ2) is 7.48. The Kier molecular flexibility index (Phi) is 6.28. The maximum Gasteiger partial charge on any atom is 0.124 e. The van der Waals surface area contributed by atoms with Crippen molar-refractivity contribution >= 4 is 0 Å². The van der Waals surface area contributed by atoms with Gasteiger partial charge in [0.25, 0.3) is 0 Å². The normalized spacial score (nSPS) is 14.5. The van der Waals surface area contributed by atoms with Gasteiger partial charge in [0.05, 0.1) is 12.7 Å². The van der Waals surface area contributed by atoms with Crippen molar-refractivity contribution in [3.8, 4) is 5.75 Å². The highest BCUT2D eigenvalue weighted by Crippen LogP contribution is 2.25. The van der Waals surface area contributed by atoms with Crippen molar-refractivity contribution in [3.63, 3.8) is 0 Å². The van der Waals surface area contributed by atoms with E-state index in [4.69, 9.17) is 15.2 Å². The van der Waals surface area contributed by atoms with Crippen LogP contribution in [0.4, 0.5) is 0 Å². The fourth-order valence-electron chi connectivity index (χ4n) is 1.69. The molecule has 1 rings (SSSR count). The lowest BCUT2D eigenvalue weighted by atomic mass is 10.1. The van der Waals surface area contributed by atoms with Gasteiger partial charge in [-0.3, -0.25) is 0 Å². The number of ether oxygens (including phenoxy) is 2. The van der Waals surface area contributed by atoms with Gasteiger partial charge in [0, 0.05) is 11.6 Å². The predicted molar refractivity (Wildman–Crippen MR) is 76.4 cm³/mol. The molecule has 4 heteroatoms. The highest BCUT2D eigenvalue weighted by atomic mass is 16.5. The SMILES string of the molecule is Cc1ccc(OCC(O)COC(C)C)c(C(C)N)c1. The van der Waals surface area contributed by atoms with Gasteiger partial charge in [0.1, 0.15) is 18.5 Å². The molecule has 0 amide bonds. The highest BCUT2D eigenvalue weighted by molar-refractivity contribution is 5.38. The van der Waals surface area contributed by atoms with Crippen LogP contribution in [0.3, 0.4) is 0 Å². The van der Waals surface area contributed by atoms with Crippen LogP contribution >= 0.6 is 0 Å². The summed E-state index contributed by atoms with van der Waals surface area (Å²) in [5.74, 6) is 0.726. The van der Waals surface area contributed by atoms with Crippen LogP contribution in [0.1, 0.15) is 37.9 Å². The van der Waals surface area contributed by atoms with E-state index in [0.717, 1.165) is 16.9 Å². The van der Waals surface area contributed by atoms with Crippen LogP contribution in [-0.2, 0) is 4.74 Å². The molecule has 0 bridgehead atoms. The van der Waals surface area contributed by atoms with Crippen LogP contribution in [0.2, 0.25) is 0 Å². The first-order chi connectivity index (χ1) is 8.90. The predicted octanol–water partition coefficient (Wildman–Crippen LogP) is 2.18. The minimum Gasteiger partial charge on any atom is -0.490 e. The number of hydrogen-bond acceptors (Lipinski definition) is 4. The van der Waals surface area contributed by atoms with E-state index in [1.165, 1.54) is 0 Å². The van der Waals surface area contributed by atoms with Gasteiger partial charge in [0.15, 0.2) is 0 Å². The van der Waals surface area contributed by atoms with Gasteiger partial charge in [-0.25, -0.2) is 0 Å². The Hall–Kier alpha value is -1.10. The molecular weight excluding hydrogens is 242 g/mol. The van der Waals surface area contributed by atoms with Crippen LogP contribution in [0, 0.1) is 6.92 Å². The van der Waals surface area contributed by atoms with Crippen LogP contribution in [-0.4, -0.2) is 30.5 Å². The summed E-state index contributed by atoms with van der Waals surface area (Å²) in [6.07, 6.45) is -0.529. The maximum absolute atomic E-state index is 9.76. The highest BCUT2D eigenvalue weighted by Gasteiger charge is 2.11. The van der Waals surface area contributed by atoms with Crippen molar-refractivity contribution < 1.29 is 14.6 Å².